The molecule has 1 atom stereocenters. The van der Waals surface area contributed by atoms with Crippen molar-refractivity contribution < 1.29 is 0 Å². The molecule has 0 aromatic heterocycles. The normalized spacial score (nSPS) is 13.2. The van der Waals surface area contributed by atoms with Crippen molar-refractivity contribution >= 4 is 11.8 Å². The lowest BCUT2D eigenvalue weighted by Gasteiger charge is -2.19. The van der Waals surface area contributed by atoms with Gasteiger partial charge < -0.3 is 0 Å². The van der Waals surface area contributed by atoms with Crippen molar-refractivity contribution in [2.45, 2.75) is 25.3 Å². The van der Waals surface area contributed by atoms with Crippen molar-refractivity contribution in [3.8, 4) is 0 Å². The second-order valence-electron chi connectivity index (χ2n) is 3.35. The van der Waals surface area contributed by atoms with E-state index in [-0.39, 0.29) is 0 Å². The monoisotopic (exact) mass is 195 g/mol. The quantitative estimate of drug-likeness (QED) is 0.741. The molecule has 0 bridgehead atoms. The van der Waals surface area contributed by atoms with Gasteiger partial charge in [-0.25, -0.2) is 0 Å². The Balaban J connectivity index is 2.67. The number of thioether (sulfide) groups is 1. The van der Waals surface area contributed by atoms with Crippen molar-refractivity contribution in [2.75, 3.05) is 6.26 Å². The molecule has 1 unspecified atom stereocenters. The Bertz CT molecular complexity index is 233. The Kier molecular flexibility index (Phi) is 4.33. The third-order valence-electron chi connectivity index (χ3n) is 1.82. The Labute approximate surface area is 84.9 Å². The van der Waals surface area contributed by atoms with Crippen LogP contribution >= 0.6 is 11.8 Å². The van der Waals surface area contributed by atoms with E-state index in [1.807, 2.05) is 11.8 Å². The Hall–Kier alpha value is -0.470. The van der Waals surface area contributed by atoms with Crippen LogP contribution in [0.1, 0.15) is 24.8 Å². The average Bonchev–Trinajstić information content (AvgIpc) is 2.15. The van der Waals surface area contributed by atoms with Gasteiger partial charge in [0.1, 0.15) is 0 Å². The van der Waals surface area contributed by atoms with Crippen molar-refractivity contribution in [2.24, 2.45) is 0 Å². The third-order valence-corrected chi connectivity index (χ3v) is 2.70. The molecule has 0 aliphatic carbocycles. The van der Waals surface area contributed by atoms with Gasteiger partial charge in [0.05, 0.1) is 5.37 Å². The van der Waals surface area contributed by atoms with Crippen molar-refractivity contribution in [1.82, 2.24) is 5.32 Å². The van der Waals surface area contributed by atoms with Crippen LogP contribution in [0.2, 0.25) is 0 Å². The highest BCUT2D eigenvalue weighted by molar-refractivity contribution is 7.98. The molecule has 1 aromatic rings. The van der Waals surface area contributed by atoms with Crippen LogP contribution in [0, 0.1) is 0 Å². The number of hydrogen-bond acceptors (Lipinski definition) is 2. The molecule has 2 heteroatoms. The lowest BCUT2D eigenvalue weighted by atomic mass is 10.2. The highest BCUT2D eigenvalue weighted by Gasteiger charge is 2.09. The van der Waals surface area contributed by atoms with Gasteiger partial charge in [0.2, 0.25) is 0 Å². The minimum absolute atomic E-state index is 0.418. The summed E-state index contributed by atoms with van der Waals surface area (Å²) in [6.45, 7) is 4.35. The van der Waals surface area contributed by atoms with E-state index >= 15 is 0 Å². The van der Waals surface area contributed by atoms with Gasteiger partial charge >= 0.3 is 0 Å². The van der Waals surface area contributed by atoms with Gasteiger partial charge in [-0.3, -0.25) is 5.32 Å². The summed E-state index contributed by atoms with van der Waals surface area (Å²) in [6.07, 6.45) is 2.13. The molecule has 1 rings (SSSR count). The van der Waals surface area contributed by atoms with Gasteiger partial charge in [-0.1, -0.05) is 30.3 Å². The largest absolute Gasteiger partial charge is 0.299 e. The molecule has 1 N–H and O–H groups in total. The fourth-order valence-electron chi connectivity index (χ4n) is 1.23. The van der Waals surface area contributed by atoms with Crippen LogP contribution in [0.5, 0.6) is 0 Å². The van der Waals surface area contributed by atoms with Crippen LogP contribution < -0.4 is 5.32 Å². The van der Waals surface area contributed by atoms with Gasteiger partial charge in [-0.05, 0) is 25.7 Å². The maximum atomic E-state index is 3.51. The molecule has 0 aliphatic heterocycles. The lowest BCUT2D eigenvalue weighted by molar-refractivity contribution is 0.579. The molecule has 1 aromatic carbocycles. The predicted octanol–water partition coefficient (Wildman–Crippen LogP) is 3.05. The molecule has 0 spiro atoms. The van der Waals surface area contributed by atoms with Crippen molar-refractivity contribution in [3.05, 3.63) is 35.9 Å². The van der Waals surface area contributed by atoms with Crippen LogP contribution in [0.25, 0.3) is 0 Å². The third kappa shape index (κ3) is 3.41. The Morgan fingerprint density at radius 2 is 1.77 bits per heavy atom. The zero-order valence-electron chi connectivity index (χ0n) is 8.45. The standard InChI is InChI=1S/C11H17NS/c1-9(2)12-11(13-3)10-7-5-4-6-8-10/h4-9,11-12H,1-3H3. The van der Waals surface area contributed by atoms with Crippen LogP contribution in [0.15, 0.2) is 30.3 Å². The van der Waals surface area contributed by atoms with Crippen LogP contribution in [-0.4, -0.2) is 12.3 Å². The number of nitrogens with one attached hydrogen (secondary N) is 1. The zero-order valence-corrected chi connectivity index (χ0v) is 9.27. The van der Waals surface area contributed by atoms with Gasteiger partial charge in [0, 0.05) is 6.04 Å². The molecule has 0 aliphatic rings. The number of hydrogen-bond donors (Lipinski definition) is 1. The molecule has 1 nitrogen and oxygen atoms in total. The summed E-state index contributed by atoms with van der Waals surface area (Å²) >= 11 is 1.84. The summed E-state index contributed by atoms with van der Waals surface area (Å²) in [5.74, 6) is 0. The summed E-state index contributed by atoms with van der Waals surface area (Å²) in [5, 5.41) is 3.93. The number of rotatable bonds is 4. The molecule has 0 fully saturated rings. The van der Waals surface area contributed by atoms with E-state index in [1.165, 1.54) is 5.56 Å². The van der Waals surface area contributed by atoms with Crippen LogP contribution in [0.3, 0.4) is 0 Å². The summed E-state index contributed by atoms with van der Waals surface area (Å²) in [6, 6.07) is 11.1. The first kappa shape index (κ1) is 10.6. The van der Waals surface area contributed by atoms with E-state index in [2.05, 4.69) is 55.8 Å². The van der Waals surface area contributed by atoms with E-state index in [9.17, 15) is 0 Å². The van der Waals surface area contributed by atoms with E-state index in [4.69, 9.17) is 0 Å². The highest BCUT2D eigenvalue weighted by atomic mass is 32.2. The SMILES string of the molecule is CSC(NC(C)C)c1ccccc1. The van der Waals surface area contributed by atoms with Crippen molar-refractivity contribution in [1.29, 1.82) is 0 Å². The predicted molar refractivity (Wildman–Crippen MR) is 61.0 cm³/mol. The molecule has 72 valence electrons. The number of benzene rings is 1. The average molecular weight is 195 g/mol. The summed E-state index contributed by atoms with van der Waals surface area (Å²) < 4.78 is 0. The minimum atomic E-state index is 0.418. The Morgan fingerprint density at radius 1 is 1.15 bits per heavy atom. The highest BCUT2D eigenvalue weighted by Crippen LogP contribution is 2.23. The van der Waals surface area contributed by atoms with E-state index < -0.39 is 0 Å². The van der Waals surface area contributed by atoms with Crippen LogP contribution in [0.4, 0.5) is 0 Å². The molecule has 0 heterocycles. The minimum Gasteiger partial charge on any atom is -0.299 e. The van der Waals surface area contributed by atoms with Gasteiger partial charge in [0.15, 0.2) is 0 Å². The Morgan fingerprint density at radius 3 is 2.23 bits per heavy atom. The second kappa shape index (κ2) is 5.30. The van der Waals surface area contributed by atoms with Crippen LogP contribution in [-0.2, 0) is 0 Å². The molecule has 0 radical (unpaired) electrons. The molecule has 0 amide bonds. The summed E-state index contributed by atoms with van der Waals surface area (Å²) in [5.41, 5.74) is 1.35. The first-order valence-corrected chi connectivity index (χ1v) is 5.86. The summed E-state index contributed by atoms with van der Waals surface area (Å²) in [4.78, 5) is 0. The fourth-order valence-corrected chi connectivity index (χ4v) is 2.07. The van der Waals surface area contributed by atoms with Gasteiger partial charge in [-0.15, -0.1) is 11.8 Å². The molecular formula is C11H17NS. The maximum absolute atomic E-state index is 3.51. The molecule has 0 saturated carbocycles. The lowest BCUT2D eigenvalue weighted by Crippen LogP contribution is -2.25. The smallest absolute Gasteiger partial charge is 0.0788 e. The van der Waals surface area contributed by atoms with Gasteiger partial charge in [0.25, 0.3) is 0 Å². The summed E-state index contributed by atoms with van der Waals surface area (Å²) in [7, 11) is 0. The van der Waals surface area contributed by atoms with Gasteiger partial charge in [-0.2, -0.15) is 0 Å². The molecular weight excluding hydrogens is 178 g/mol. The zero-order chi connectivity index (χ0) is 9.68. The first-order valence-electron chi connectivity index (χ1n) is 4.58. The van der Waals surface area contributed by atoms with E-state index in [1.54, 1.807) is 0 Å². The van der Waals surface area contributed by atoms with Crippen molar-refractivity contribution in [3.63, 3.8) is 0 Å². The fraction of sp³-hybridized carbons (Fsp3) is 0.455. The molecule has 0 saturated heterocycles. The van der Waals surface area contributed by atoms with E-state index in [0.717, 1.165) is 0 Å². The molecule has 13 heavy (non-hydrogen) atoms. The topological polar surface area (TPSA) is 12.0 Å². The second-order valence-corrected chi connectivity index (χ2v) is 4.29. The van der Waals surface area contributed by atoms with E-state index in [0.29, 0.717) is 11.4 Å². The first-order chi connectivity index (χ1) is 6.24. The maximum Gasteiger partial charge on any atom is 0.0788 e.